The summed E-state index contributed by atoms with van der Waals surface area (Å²) in [6, 6.07) is 2.09. The van der Waals surface area contributed by atoms with E-state index in [1.54, 1.807) is 11.8 Å². The van der Waals surface area contributed by atoms with Crippen LogP contribution in [0.4, 0.5) is 0 Å². The van der Waals surface area contributed by atoms with E-state index in [-0.39, 0.29) is 0 Å². The van der Waals surface area contributed by atoms with Gasteiger partial charge in [-0.3, -0.25) is 9.48 Å². The average Bonchev–Trinajstić information content (AvgIpc) is 3.48. The molecule has 4 rings (SSSR count). The van der Waals surface area contributed by atoms with E-state index in [0.717, 1.165) is 87.8 Å². The maximum atomic E-state index is 9.00. The molecule has 0 aromatic carbocycles. The third kappa shape index (κ3) is 6.55. The standard InChI is InChI=1S/C18H28N6OS.C2H4O2/c1-2-23-10-7-15(22-23)13-26-18-21-20-17(14-5-8-19-9-6-14)24(18)12-16-4-3-11-25-16;1-2(3)4/h7,10,14,16,19H,2-6,8-9,11-13H2,1H3;1H3,(H,3,4). The number of aryl methyl sites for hydroxylation is 1. The lowest BCUT2D eigenvalue weighted by Crippen LogP contribution is -2.29. The first-order valence-electron chi connectivity index (χ1n) is 10.7. The van der Waals surface area contributed by atoms with Crippen molar-refractivity contribution in [1.82, 2.24) is 29.9 Å². The Morgan fingerprint density at radius 2 is 2.10 bits per heavy atom. The molecule has 4 heterocycles. The number of aliphatic carboxylic acids is 1. The molecule has 9 nitrogen and oxygen atoms in total. The predicted molar refractivity (Wildman–Crippen MR) is 115 cm³/mol. The number of aromatic nitrogens is 5. The molecule has 0 amide bonds. The molecular formula is C20H32N6O3S. The minimum absolute atomic E-state index is 0.296. The molecule has 2 aromatic heterocycles. The smallest absolute Gasteiger partial charge is 0.300 e. The van der Waals surface area contributed by atoms with E-state index in [2.05, 4.69) is 38.2 Å². The van der Waals surface area contributed by atoms with Gasteiger partial charge in [-0.15, -0.1) is 10.2 Å². The maximum Gasteiger partial charge on any atom is 0.300 e. The van der Waals surface area contributed by atoms with Gasteiger partial charge in [0.2, 0.25) is 0 Å². The molecule has 2 aliphatic rings. The number of carbonyl (C=O) groups is 1. The Hall–Kier alpha value is -1.91. The van der Waals surface area contributed by atoms with Crippen molar-refractivity contribution < 1.29 is 14.6 Å². The van der Waals surface area contributed by atoms with Crippen molar-refractivity contribution in [3.63, 3.8) is 0 Å². The Kier molecular flexibility index (Phi) is 8.71. The predicted octanol–water partition coefficient (Wildman–Crippen LogP) is 2.52. The highest BCUT2D eigenvalue weighted by atomic mass is 32.2. The summed E-state index contributed by atoms with van der Waals surface area (Å²) >= 11 is 1.73. The summed E-state index contributed by atoms with van der Waals surface area (Å²) in [4.78, 5) is 9.00. The number of hydrogen-bond donors (Lipinski definition) is 2. The summed E-state index contributed by atoms with van der Waals surface area (Å²) in [7, 11) is 0. The number of rotatable bonds is 7. The van der Waals surface area contributed by atoms with Crippen LogP contribution in [0.25, 0.3) is 0 Å². The second-order valence-electron chi connectivity index (χ2n) is 7.58. The zero-order valence-electron chi connectivity index (χ0n) is 17.8. The lowest BCUT2D eigenvalue weighted by atomic mass is 9.97. The van der Waals surface area contributed by atoms with Gasteiger partial charge in [-0.05, 0) is 51.8 Å². The largest absolute Gasteiger partial charge is 0.481 e. The van der Waals surface area contributed by atoms with Crippen LogP contribution < -0.4 is 5.32 Å². The average molecular weight is 437 g/mol. The fraction of sp³-hybridized carbons (Fsp3) is 0.700. The zero-order valence-corrected chi connectivity index (χ0v) is 18.6. The van der Waals surface area contributed by atoms with Crippen molar-refractivity contribution in [2.24, 2.45) is 0 Å². The normalized spacial score (nSPS) is 19.5. The molecule has 30 heavy (non-hydrogen) atoms. The quantitative estimate of drug-likeness (QED) is 0.638. The Bertz CT molecular complexity index is 792. The van der Waals surface area contributed by atoms with Gasteiger partial charge in [0.05, 0.1) is 18.3 Å². The molecule has 2 N–H and O–H groups in total. The zero-order chi connectivity index (χ0) is 21.3. The Labute approximate surface area is 181 Å². The molecule has 2 fully saturated rings. The Morgan fingerprint density at radius 1 is 1.33 bits per heavy atom. The highest BCUT2D eigenvalue weighted by Gasteiger charge is 2.26. The summed E-state index contributed by atoms with van der Waals surface area (Å²) in [6.45, 7) is 7.97. The fourth-order valence-corrected chi connectivity index (χ4v) is 4.60. The second-order valence-corrected chi connectivity index (χ2v) is 8.52. The lowest BCUT2D eigenvalue weighted by Gasteiger charge is -2.23. The molecule has 0 aliphatic carbocycles. The summed E-state index contributed by atoms with van der Waals surface area (Å²) in [6.07, 6.45) is 6.89. The van der Waals surface area contributed by atoms with E-state index < -0.39 is 5.97 Å². The molecule has 2 aromatic rings. The van der Waals surface area contributed by atoms with E-state index in [4.69, 9.17) is 14.6 Å². The molecule has 0 saturated carbocycles. The Morgan fingerprint density at radius 3 is 2.73 bits per heavy atom. The minimum Gasteiger partial charge on any atom is -0.481 e. The number of nitrogens with one attached hydrogen (secondary N) is 1. The van der Waals surface area contributed by atoms with Crippen molar-refractivity contribution in [2.75, 3.05) is 19.7 Å². The monoisotopic (exact) mass is 436 g/mol. The van der Waals surface area contributed by atoms with Gasteiger partial charge in [-0.1, -0.05) is 11.8 Å². The van der Waals surface area contributed by atoms with Crippen molar-refractivity contribution in [3.05, 3.63) is 23.8 Å². The molecule has 1 unspecified atom stereocenters. The topological polar surface area (TPSA) is 107 Å². The summed E-state index contributed by atoms with van der Waals surface area (Å²) < 4.78 is 10.2. The highest BCUT2D eigenvalue weighted by molar-refractivity contribution is 7.98. The molecule has 1 atom stereocenters. The number of ether oxygens (including phenoxy) is 1. The van der Waals surface area contributed by atoms with E-state index in [0.29, 0.717) is 12.0 Å². The van der Waals surface area contributed by atoms with Crippen molar-refractivity contribution in [3.8, 4) is 0 Å². The first-order valence-corrected chi connectivity index (χ1v) is 11.7. The first-order chi connectivity index (χ1) is 14.6. The number of carboxylic acid groups (broad SMARTS) is 1. The fourth-order valence-electron chi connectivity index (χ4n) is 3.75. The molecule has 166 valence electrons. The van der Waals surface area contributed by atoms with Crippen LogP contribution in [-0.2, 0) is 28.4 Å². The highest BCUT2D eigenvalue weighted by Crippen LogP contribution is 2.30. The van der Waals surface area contributed by atoms with Crippen LogP contribution in [0.5, 0.6) is 0 Å². The minimum atomic E-state index is -0.833. The molecule has 0 bridgehead atoms. The van der Waals surface area contributed by atoms with Crippen LogP contribution in [-0.4, -0.2) is 61.4 Å². The number of nitrogens with zero attached hydrogens (tertiary/aromatic N) is 5. The number of thioether (sulfide) groups is 1. The maximum absolute atomic E-state index is 9.00. The van der Waals surface area contributed by atoms with Crippen LogP contribution in [0.1, 0.15) is 57.0 Å². The van der Waals surface area contributed by atoms with Gasteiger partial charge >= 0.3 is 0 Å². The molecule has 0 spiro atoms. The second kappa shape index (κ2) is 11.5. The van der Waals surface area contributed by atoms with Crippen LogP contribution >= 0.6 is 11.8 Å². The van der Waals surface area contributed by atoms with Crippen LogP contribution in [0.15, 0.2) is 17.4 Å². The van der Waals surface area contributed by atoms with Gasteiger partial charge in [-0.2, -0.15) is 5.10 Å². The van der Waals surface area contributed by atoms with Gasteiger partial charge in [0.25, 0.3) is 5.97 Å². The van der Waals surface area contributed by atoms with E-state index in [1.165, 1.54) is 0 Å². The third-order valence-corrected chi connectivity index (χ3v) is 6.23. The molecule has 2 saturated heterocycles. The molecule has 10 heteroatoms. The van der Waals surface area contributed by atoms with E-state index in [9.17, 15) is 0 Å². The molecule has 2 aliphatic heterocycles. The van der Waals surface area contributed by atoms with Crippen LogP contribution in [0, 0.1) is 0 Å². The van der Waals surface area contributed by atoms with Crippen molar-refractivity contribution in [1.29, 1.82) is 0 Å². The Balaban J connectivity index is 0.000000589. The summed E-state index contributed by atoms with van der Waals surface area (Å²) in [5, 5.41) is 25.6. The van der Waals surface area contributed by atoms with Gasteiger partial charge in [-0.25, -0.2) is 0 Å². The molecule has 0 radical (unpaired) electrons. The van der Waals surface area contributed by atoms with Crippen LogP contribution in [0.2, 0.25) is 0 Å². The van der Waals surface area contributed by atoms with E-state index in [1.807, 2.05) is 10.9 Å². The number of piperidine rings is 1. The SMILES string of the molecule is CC(=O)O.CCn1ccc(CSc2nnc(C3CCNCC3)n2CC2CCCO2)n1. The lowest BCUT2D eigenvalue weighted by molar-refractivity contribution is -0.134. The summed E-state index contributed by atoms with van der Waals surface area (Å²) in [5.41, 5.74) is 1.09. The first kappa shape index (κ1) is 22.8. The number of carboxylic acids is 1. The van der Waals surface area contributed by atoms with Crippen molar-refractivity contribution in [2.45, 2.75) is 75.6 Å². The molecular weight excluding hydrogens is 404 g/mol. The third-order valence-electron chi connectivity index (χ3n) is 5.23. The van der Waals surface area contributed by atoms with E-state index >= 15 is 0 Å². The van der Waals surface area contributed by atoms with Gasteiger partial charge < -0.3 is 19.7 Å². The van der Waals surface area contributed by atoms with Crippen LogP contribution in [0.3, 0.4) is 0 Å². The number of hydrogen-bond acceptors (Lipinski definition) is 7. The van der Waals surface area contributed by atoms with Gasteiger partial charge in [0.15, 0.2) is 5.16 Å². The van der Waals surface area contributed by atoms with Gasteiger partial charge in [0.1, 0.15) is 5.82 Å². The van der Waals surface area contributed by atoms with Crippen molar-refractivity contribution >= 4 is 17.7 Å². The summed E-state index contributed by atoms with van der Waals surface area (Å²) in [5.74, 6) is 1.63. The van der Waals surface area contributed by atoms with Gasteiger partial charge in [0, 0.05) is 37.9 Å².